The van der Waals surface area contributed by atoms with Crippen molar-refractivity contribution < 1.29 is 13.2 Å². The molecule has 0 saturated heterocycles. The van der Waals surface area contributed by atoms with Crippen molar-refractivity contribution in [2.24, 2.45) is 0 Å². The van der Waals surface area contributed by atoms with Crippen molar-refractivity contribution in [3.63, 3.8) is 0 Å². The maximum Gasteiger partial charge on any atom is 0.243 e. The highest BCUT2D eigenvalue weighted by molar-refractivity contribution is 7.89. The van der Waals surface area contributed by atoms with Gasteiger partial charge in [-0.1, -0.05) is 36.4 Å². The van der Waals surface area contributed by atoms with Crippen LogP contribution in [-0.4, -0.2) is 42.2 Å². The average molecular weight is 524 g/mol. The number of anilines is 2. The van der Waals surface area contributed by atoms with Crippen molar-refractivity contribution in [2.75, 3.05) is 23.3 Å². The fourth-order valence-corrected chi connectivity index (χ4v) is 6.04. The Morgan fingerprint density at radius 2 is 1.75 bits per heavy atom. The van der Waals surface area contributed by atoms with Crippen LogP contribution in [0, 0.1) is 6.92 Å². The van der Waals surface area contributed by atoms with Gasteiger partial charge in [-0.2, -0.15) is 13.5 Å². The molecule has 1 heterocycles. The molecule has 3 aromatic carbocycles. The molecule has 0 spiro atoms. The van der Waals surface area contributed by atoms with Crippen LogP contribution in [-0.2, 0) is 21.2 Å². The molecule has 0 radical (unpaired) electrons. The molecule has 10 heteroatoms. The minimum absolute atomic E-state index is 0.000585. The van der Waals surface area contributed by atoms with E-state index in [4.69, 9.17) is 0 Å². The molecule has 4 aromatic rings. The second kappa shape index (κ2) is 11.2. The van der Waals surface area contributed by atoms with Crippen molar-refractivity contribution >= 4 is 50.1 Å². The van der Waals surface area contributed by atoms with E-state index in [-0.39, 0.29) is 16.8 Å². The number of nitrogens with one attached hydrogen (secondary N) is 2. The molecule has 36 heavy (non-hydrogen) atoms. The molecule has 1 aromatic heterocycles. The van der Waals surface area contributed by atoms with Crippen LogP contribution in [0.1, 0.15) is 25.0 Å². The molecule has 0 fully saturated rings. The molecule has 2 N–H and O–H groups in total. The number of nitrogens with zero attached hydrogens (tertiary/aromatic N) is 3. The first-order chi connectivity index (χ1) is 17.3. The Morgan fingerprint density at radius 3 is 2.44 bits per heavy atom. The van der Waals surface area contributed by atoms with Gasteiger partial charge in [-0.25, -0.2) is 8.42 Å². The van der Waals surface area contributed by atoms with Crippen LogP contribution in [0.4, 0.5) is 11.4 Å². The van der Waals surface area contributed by atoms with Gasteiger partial charge in [0.05, 0.1) is 11.7 Å². The van der Waals surface area contributed by atoms with E-state index in [0.717, 1.165) is 41.6 Å². The number of hydrogen-bond donors (Lipinski definition) is 2. The molecule has 188 valence electrons. The summed E-state index contributed by atoms with van der Waals surface area (Å²) in [6, 6.07) is 18.9. The van der Waals surface area contributed by atoms with Crippen molar-refractivity contribution in [3.8, 4) is 0 Å². The summed E-state index contributed by atoms with van der Waals surface area (Å²) in [6.45, 7) is 7.87. The highest BCUT2D eigenvalue weighted by Crippen LogP contribution is 2.24. The summed E-state index contributed by atoms with van der Waals surface area (Å²) in [5.74, 6) is -0.440. The summed E-state index contributed by atoms with van der Waals surface area (Å²) in [4.78, 5) is 15.7. The van der Waals surface area contributed by atoms with E-state index >= 15 is 0 Å². The number of aryl methyl sites for hydroxylation is 1. The van der Waals surface area contributed by atoms with Crippen LogP contribution in [0.5, 0.6) is 0 Å². The van der Waals surface area contributed by atoms with Crippen LogP contribution < -0.4 is 14.9 Å². The number of carbonyl (C=O) groups is 1. The normalized spacial score (nSPS) is 12.4. The standard InChI is InChI=1S/C26H29N5O3S2/c1-4-31(5-2)20-14-15-21(18(3)16-20)27-26(32)23(17-19-10-7-6-8-11-19)30-36(33,34)24-13-9-12-22-25(24)29-35-28-22/h6-16,23,30H,4-5,17H2,1-3H3,(H,27,32)/t23-/m0/s1. The summed E-state index contributed by atoms with van der Waals surface area (Å²) in [5, 5.41) is 2.93. The van der Waals surface area contributed by atoms with E-state index in [1.54, 1.807) is 12.1 Å². The van der Waals surface area contributed by atoms with E-state index in [2.05, 4.69) is 37.5 Å². The van der Waals surface area contributed by atoms with E-state index in [0.29, 0.717) is 11.2 Å². The van der Waals surface area contributed by atoms with Gasteiger partial charge in [0, 0.05) is 24.5 Å². The number of sulfonamides is 1. The molecule has 0 bridgehead atoms. The van der Waals surface area contributed by atoms with Crippen molar-refractivity contribution in [1.29, 1.82) is 0 Å². The number of aromatic nitrogens is 2. The summed E-state index contributed by atoms with van der Waals surface area (Å²) >= 11 is 0.946. The molecule has 8 nitrogen and oxygen atoms in total. The minimum atomic E-state index is -4.06. The van der Waals surface area contributed by atoms with Gasteiger partial charge in [-0.05, 0) is 68.7 Å². The molecule has 0 aliphatic heterocycles. The van der Waals surface area contributed by atoms with Crippen molar-refractivity contribution in [1.82, 2.24) is 13.5 Å². The number of fused-ring (bicyclic) bond motifs is 1. The Balaban J connectivity index is 1.62. The maximum absolute atomic E-state index is 13.4. The van der Waals surface area contributed by atoms with Gasteiger partial charge in [-0.3, -0.25) is 4.79 Å². The number of carbonyl (C=O) groups excluding carboxylic acids is 1. The molecular formula is C26H29N5O3S2. The predicted octanol–water partition coefficient (Wildman–Crippen LogP) is 4.37. The van der Waals surface area contributed by atoms with E-state index in [1.807, 2.05) is 55.5 Å². The fraction of sp³-hybridized carbons (Fsp3) is 0.269. The van der Waals surface area contributed by atoms with E-state index in [9.17, 15) is 13.2 Å². The van der Waals surface area contributed by atoms with Gasteiger partial charge in [0.2, 0.25) is 15.9 Å². The lowest BCUT2D eigenvalue weighted by atomic mass is 10.1. The summed E-state index contributed by atoms with van der Waals surface area (Å²) in [5.41, 5.74) is 4.23. The molecule has 0 unspecified atom stereocenters. The molecular weight excluding hydrogens is 494 g/mol. The van der Waals surface area contributed by atoms with Crippen LogP contribution >= 0.6 is 11.7 Å². The first-order valence-corrected chi connectivity index (χ1v) is 14.0. The zero-order valence-electron chi connectivity index (χ0n) is 20.4. The zero-order chi connectivity index (χ0) is 25.7. The van der Waals surface area contributed by atoms with E-state index in [1.165, 1.54) is 6.07 Å². The topological polar surface area (TPSA) is 104 Å². The maximum atomic E-state index is 13.4. The second-order valence-corrected chi connectivity index (χ2v) is 10.6. The lowest BCUT2D eigenvalue weighted by molar-refractivity contribution is -0.117. The predicted molar refractivity (Wildman–Crippen MR) is 145 cm³/mol. The lowest BCUT2D eigenvalue weighted by Crippen LogP contribution is -2.45. The fourth-order valence-electron chi connectivity index (χ4n) is 4.08. The summed E-state index contributed by atoms with van der Waals surface area (Å²) in [6.07, 6.45) is 0.188. The van der Waals surface area contributed by atoms with Gasteiger partial charge in [0.1, 0.15) is 22.0 Å². The molecule has 0 aliphatic rings. The van der Waals surface area contributed by atoms with Crippen molar-refractivity contribution in [2.45, 2.75) is 38.1 Å². The third-order valence-corrected chi connectivity index (χ3v) is 8.08. The molecule has 1 atom stereocenters. The number of hydrogen-bond acceptors (Lipinski definition) is 7. The monoisotopic (exact) mass is 523 g/mol. The minimum Gasteiger partial charge on any atom is -0.372 e. The number of rotatable bonds is 10. The number of benzene rings is 3. The first kappa shape index (κ1) is 25.7. The molecule has 0 aliphatic carbocycles. The Bertz CT molecular complexity index is 1450. The number of amides is 1. The molecule has 1 amide bonds. The smallest absolute Gasteiger partial charge is 0.243 e. The largest absolute Gasteiger partial charge is 0.372 e. The van der Waals surface area contributed by atoms with Gasteiger partial charge < -0.3 is 10.2 Å². The Labute approximate surface area is 215 Å². The van der Waals surface area contributed by atoms with Crippen LogP contribution in [0.25, 0.3) is 11.0 Å². The third kappa shape index (κ3) is 5.72. The zero-order valence-corrected chi connectivity index (χ0v) is 22.1. The van der Waals surface area contributed by atoms with Crippen LogP contribution in [0.15, 0.2) is 71.6 Å². The molecule has 0 saturated carbocycles. The Hall–Kier alpha value is -3.34. The average Bonchev–Trinajstić information content (AvgIpc) is 3.35. The van der Waals surface area contributed by atoms with Crippen LogP contribution in [0.3, 0.4) is 0 Å². The second-order valence-electron chi connectivity index (χ2n) is 8.41. The lowest BCUT2D eigenvalue weighted by Gasteiger charge is -2.23. The highest BCUT2D eigenvalue weighted by atomic mass is 32.2. The van der Waals surface area contributed by atoms with Crippen molar-refractivity contribution in [3.05, 3.63) is 77.9 Å². The Kier molecular flexibility index (Phi) is 7.97. The highest BCUT2D eigenvalue weighted by Gasteiger charge is 2.28. The van der Waals surface area contributed by atoms with Gasteiger partial charge in [-0.15, -0.1) is 0 Å². The van der Waals surface area contributed by atoms with Gasteiger partial charge >= 0.3 is 0 Å². The van der Waals surface area contributed by atoms with E-state index < -0.39 is 22.0 Å². The third-order valence-electron chi connectivity index (χ3n) is 6.03. The Morgan fingerprint density at radius 1 is 1.00 bits per heavy atom. The SMILES string of the molecule is CCN(CC)c1ccc(NC(=O)[C@H](Cc2ccccc2)NS(=O)(=O)c2cccc3nsnc23)c(C)c1. The van der Waals surface area contributed by atoms with Gasteiger partial charge in [0.25, 0.3) is 0 Å². The molecule has 4 rings (SSSR count). The quantitative estimate of drug-likeness (QED) is 0.320. The summed E-state index contributed by atoms with van der Waals surface area (Å²) in [7, 11) is -4.06. The summed E-state index contributed by atoms with van der Waals surface area (Å²) < 4.78 is 37.7. The van der Waals surface area contributed by atoms with Gasteiger partial charge in [0.15, 0.2) is 0 Å². The van der Waals surface area contributed by atoms with Crippen LogP contribution in [0.2, 0.25) is 0 Å². The first-order valence-electron chi connectivity index (χ1n) is 11.8.